The van der Waals surface area contributed by atoms with Crippen LogP contribution < -0.4 is 9.62 Å². The molecule has 0 saturated carbocycles. The Bertz CT molecular complexity index is 820. The number of hydrogen-bond donors (Lipinski definition) is 1. The summed E-state index contributed by atoms with van der Waals surface area (Å²) < 4.78 is 32.6. The summed E-state index contributed by atoms with van der Waals surface area (Å²) in [4.78, 5) is 6.72. The Morgan fingerprint density at radius 2 is 2.00 bits per heavy atom. The number of sulfonamides is 1. The topological polar surface area (TPSA) is 88.3 Å². The smallest absolute Gasteiger partial charge is 0.245 e. The highest BCUT2D eigenvalue weighted by Crippen LogP contribution is 2.24. The molecule has 1 aliphatic rings. The van der Waals surface area contributed by atoms with Gasteiger partial charge in [-0.05, 0) is 51.7 Å². The van der Waals surface area contributed by atoms with Crippen LogP contribution in [-0.4, -0.2) is 38.2 Å². The number of rotatable bonds is 5. The van der Waals surface area contributed by atoms with Gasteiger partial charge in [-0.1, -0.05) is 5.16 Å². The minimum absolute atomic E-state index is 0.164. The molecule has 0 spiro atoms. The van der Waals surface area contributed by atoms with Gasteiger partial charge in [0.05, 0.1) is 0 Å². The molecule has 1 fully saturated rings. The molecule has 0 unspecified atom stereocenters. The summed E-state index contributed by atoms with van der Waals surface area (Å²) in [6.45, 7) is 7.52. The predicted molar refractivity (Wildman–Crippen MR) is 95.1 cm³/mol. The molecule has 0 aromatic carbocycles. The van der Waals surface area contributed by atoms with E-state index in [0.717, 1.165) is 31.6 Å². The van der Waals surface area contributed by atoms with Gasteiger partial charge < -0.3 is 9.42 Å². The van der Waals surface area contributed by atoms with Gasteiger partial charge in [0.1, 0.15) is 10.6 Å². The molecule has 0 bridgehead atoms. The Labute approximate surface area is 148 Å². The summed E-state index contributed by atoms with van der Waals surface area (Å²) in [5.41, 5.74) is 2.59. The van der Waals surface area contributed by atoms with E-state index in [-0.39, 0.29) is 4.90 Å². The Kier molecular flexibility index (Phi) is 5.10. The van der Waals surface area contributed by atoms with Crippen LogP contribution in [-0.2, 0) is 10.0 Å². The van der Waals surface area contributed by atoms with Gasteiger partial charge in [-0.25, -0.2) is 13.1 Å². The van der Waals surface area contributed by atoms with Crippen molar-refractivity contribution in [2.24, 2.45) is 5.92 Å². The van der Waals surface area contributed by atoms with Crippen LogP contribution in [0.3, 0.4) is 0 Å². The molecule has 1 saturated heterocycles. The lowest BCUT2D eigenvalue weighted by molar-refractivity contribution is 0.390. The summed E-state index contributed by atoms with van der Waals surface area (Å²) in [6.07, 6.45) is 3.73. The maximum Gasteiger partial charge on any atom is 0.245 e. The van der Waals surface area contributed by atoms with Gasteiger partial charge in [0.25, 0.3) is 0 Å². The van der Waals surface area contributed by atoms with E-state index >= 15 is 0 Å². The van der Waals surface area contributed by atoms with E-state index in [0.29, 0.717) is 23.9 Å². The van der Waals surface area contributed by atoms with Crippen molar-refractivity contribution in [1.29, 1.82) is 0 Å². The minimum atomic E-state index is -3.58. The van der Waals surface area contributed by atoms with Crippen LogP contribution in [0.5, 0.6) is 0 Å². The summed E-state index contributed by atoms with van der Waals surface area (Å²) in [5, 5.41) is 3.72. The molecular weight excluding hydrogens is 340 g/mol. The predicted octanol–water partition coefficient (Wildman–Crippen LogP) is 2.19. The second-order valence-corrected chi connectivity index (χ2v) is 8.29. The largest absolute Gasteiger partial charge is 0.371 e. The number of pyridine rings is 1. The van der Waals surface area contributed by atoms with Crippen LogP contribution >= 0.6 is 0 Å². The number of aryl methyl sites for hydroxylation is 3. The molecule has 3 heterocycles. The summed E-state index contributed by atoms with van der Waals surface area (Å²) in [6, 6.07) is 4.11. The first kappa shape index (κ1) is 17.9. The highest BCUT2D eigenvalue weighted by Gasteiger charge is 2.26. The molecule has 1 aliphatic heterocycles. The fourth-order valence-electron chi connectivity index (χ4n) is 3.28. The maximum atomic E-state index is 12.5. The van der Waals surface area contributed by atoms with Gasteiger partial charge >= 0.3 is 0 Å². The fourth-order valence-corrected chi connectivity index (χ4v) is 4.72. The molecule has 1 N–H and O–H groups in total. The Morgan fingerprint density at radius 1 is 1.28 bits per heavy atom. The van der Waals surface area contributed by atoms with Gasteiger partial charge in [-0.15, -0.1) is 0 Å². The summed E-state index contributed by atoms with van der Waals surface area (Å²) in [7, 11) is -3.58. The number of nitrogens with one attached hydrogen (secondary N) is 1. The third-order valence-corrected chi connectivity index (χ3v) is 6.33. The van der Waals surface area contributed by atoms with E-state index in [1.54, 1.807) is 13.8 Å². The Hall–Kier alpha value is -1.93. The van der Waals surface area contributed by atoms with Crippen LogP contribution in [0, 0.1) is 26.7 Å². The van der Waals surface area contributed by atoms with Crippen molar-refractivity contribution in [3.63, 3.8) is 0 Å². The zero-order valence-corrected chi connectivity index (χ0v) is 15.6. The molecule has 0 aliphatic carbocycles. The van der Waals surface area contributed by atoms with Crippen molar-refractivity contribution < 1.29 is 12.9 Å². The molecule has 0 radical (unpaired) electrons. The van der Waals surface area contributed by atoms with Gasteiger partial charge in [0.2, 0.25) is 10.0 Å². The second kappa shape index (κ2) is 7.13. The number of hydrogen-bond acceptors (Lipinski definition) is 6. The average molecular weight is 364 g/mol. The molecule has 8 heteroatoms. The van der Waals surface area contributed by atoms with E-state index in [1.165, 1.54) is 5.69 Å². The maximum absolute atomic E-state index is 12.5. The lowest BCUT2D eigenvalue weighted by Gasteiger charge is -2.33. The molecule has 2 aromatic heterocycles. The number of piperidine rings is 1. The lowest BCUT2D eigenvalue weighted by atomic mass is 9.97. The van der Waals surface area contributed by atoms with Crippen LogP contribution in [0.15, 0.2) is 27.7 Å². The van der Waals surface area contributed by atoms with E-state index in [9.17, 15) is 8.42 Å². The molecule has 7 nitrogen and oxygen atoms in total. The Balaban J connectivity index is 1.56. The standard InChI is InChI=1S/C17H24N4O3S/c1-12-10-16(4-7-18-12)21-8-5-15(6-9-21)11-19-25(22,23)17-13(2)20-24-14(17)3/h4,7,10,15,19H,5-6,8-9,11H2,1-3H3. The monoisotopic (exact) mass is 364 g/mol. The van der Waals surface area contributed by atoms with E-state index < -0.39 is 10.0 Å². The Morgan fingerprint density at radius 3 is 2.60 bits per heavy atom. The van der Waals surface area contributed by atoms with Crippen molar-refractivity contribution in [3.05, 3.63) is 35.5 Å². The van der Waals surface area contributed by atoms with Gasteiger partial charge in [-0.3, -0.25) is 4.98 Å². The SMILES string of the molecule is Cc1cc(N2CCC(CNS(=O)(=O)c3c(C)noc3C)CC2)ccn1. The van der Waals surface area contributed by atoms with Crippen molar-refractivity contribution in [1.82, 2.24) is 14.9 Å². The van der Waals surface area contributed by atoms with Crippen LogP contribution in [0.25, 0.3) is 0 Å². The highest BCUT2D eigenvalue weighted by molar-refractivity contribution is 7.89. The molecule has 0 amide bonds. The first-order valence-corrected chi connectivity index (χ1v) is 9.95. The summed E-state index contributed by atoms with van der Waals surface area (Å²) in [5.74, 6) is 0.655. The normalized spacial score (nSPS) is 16.4. The first-order chi connectivity index (χ1) is 11.9. The number of aromatic nitrogens is 2. The minimum Gasteiger partial charge on any atom is -0.371 e. The van der Waals surface area contributed by atoms with E-state index in [4.69, 9.17) is 4.52 Å². The van der Waals surface area contributed by atoms with E-state index in [2.05, 4.69) is 25.8 Å². The first-order valence-electron chi connectivity index (χ1n) is 8.47. The van der Waals surface area contributed by atoms with Crippen LogP contribution in [0.2, 0.25) is 0 Å². The quantitative estimate of drug-likeness (QED) is 0.875. The van der Waals surface area contributed by atoms with Crippen LogP contribution in [0.4, 0.5) is 5.69 Å². The van der Waals surface area contributed by atoms with E-state index in [1.807, 2.05) is 19.2 Å². The van der Waals surface area contributed by atoms with Crippen molar-refractivity contribution in [2.75, 3.05) is 24.5 Å². The third kappa shape index (κ3) is 4.01. The zero-order valence-electron chi connectivity index (χ0n) is 14.8. The van der Waals surface area contributed by atoms with Crippen molar-refractivity contribution in [3.8, 4) is 0 Å². The average Bonchev–Trinajstić information content (AvgIpc) is 2.93. The van der Waals surface area contributed by atoms with Gasteiger partial charge in [0.15, 0.2) is 5.76 Å². The molecule has 25 heavy (non-hydrogen) atoms. The molecule has 3 rings (SSSR count). The molecule has 0 atom stereocenters. The fraction of sp³-hybridized carbons (Fsp3) is 0.529. The molecule has 136 valence electrons. The number of anilines is 1. The number of nitrogens with zero attached hydrogens (tertiary/aromatic N) is 3. The zero-order chi connectivity index (χ0) is 18.0. The van der Waals surface area contributed by atoms with Crippen molar-refractivity contribution in [2.45, 2.75) is 38.5 Å². The van der Waals surface area contributed by atoms with Crippen LogP contribution in [0.1, 0.15) is 30.0 Å². The third-order valence-electron chi connectivity index (χ3n) is 4.66. The summed E-state index contributed by atoms with van der Waals surface area (Å²) >= 11 is 0. The van der Waals surface area contributed by atoms with Gasteiger partial charge in [0, 0.05) is 37.2 Å². The molecular formula is C17H24N4O3S. The second-order valence-electron chi connectivity index (χ2n) is 6.59. The highest BCUT2D eigenvalue weighted by atomic mass is 32.2. The lowest BCUT2D eigenvalue weighted by Crippen LogP contribution is -2.38. The van der Waals surface area contributed by atoms with Crippen molar-refractivity contribution >= 4 is 15.7 Å². The van der Waals surface area contributed by atoms with Gasteiger partial charge in [-0.2, -0.15) is 0 Å². The molecule has 2 aromatic rings.